The summed E-state index contributed by atoms with van der Waals surface area (Å²) in [5.41, 5.74) is 1.19. The molecule has 3 heteroatoms. The summed E-state index contributed by atoms with van der Waals surface area (Å²) in [4.78, 5) is 7.59. The Bertz CT molecular complexity index is 604. The fraction of sp³-hybridized carbons (Fsp3) is 0.450. The maximum Gasteiger partial charge on any atom is 0.135 e. The third-order valence-electron chi connectivity index (χ3n) is 4.53. The fourth-order valence-electron chi connectivity index (χ4n) is 3.25. The monoisotopic (exact) mass is 310 g/mol. The van der Waals surface area contributed by atoms with Gasteiger partial charge in [0.15, 0.2) is 0 Å². The molecule has 1 aromatic heterocycles. The standard InChI is InChI=1S/C20H26N2O/c1-2-22-15-9-4-3-8-14-19(22)21-20(18-13-10-16-23-18)17-11-6-5-7-12-17/h5-7,10-13,16,20H,2-4,8-9,14-15H2,1H3/b21-19-. The van der Waals surface area contributed by atoms with E-state index < -0.39 is 0 Å². The van der Waals surface area contributed by atoms with Gasteiger partial charge < -0.3 is 9.32 Å². The molecule has 0 saturated carbocycles. The van der Waals surface area contributed by atoms with E-state index in [0.717, 1.165) is 25.3 Å². The molecular formula is C20H26N2O. The molecule has 0 spiro atoms. The molecule has 0 amide bonds. The second-order valence-corrected chi connectivity index (χ2v) is 6.12. The Morgan fingerprint density at radius 3 is 2.61 bits per heavy atom. The molecular weight excluding hydrogens is 284 g/mol. The van der Waals surface area contributed by atoms with E-state index in [0.29, 0.717) is 0 Å². The van der Waals surface area contributed by atoms with Crippen LogP contribution < -0.4 is 0 Å². The lowest BCUT2D eigenvalue weighted by molar-refractivity contribution is 0.389. The SMILES string of the molecule is CCN1CCCCCC/C1=N/C(c1ccccc1)c1ccco1. The lowest BCUT2D eigenvalue weighted by atomic mass is 10.0. The van der Waals surface area contributed by atoms with Crippen LogP contribution in [-0.4, -0.2) is 23.8 Å². The van der Waals surface area contributed by atoms with Crippen LogP contribution in [-0.2, 0) is 0 Å². The molecule has 2 aromatic rings. The van der Waals surface area contributed by atoms with E-state index in [9.17, 15) is 0 Å². The predicted octanol–water partition coefficient (Wildman–Crippen LogP) is 5.05. The molecule has 1 unspecified atom stereocenters. The van der Waals surface area contributed by atoms with Gasteiger partial charge in [-0.15, -0.1) is 0 Å². The van der Waals surface area contributed by atoms with Crippen LogP contribution in [0.15, 0.2) is 58.1 Å². The first kappa shape index (κ1) is 15.9. The Balaban J connectivity index is 1.95. The molecule has 0 N–H and O–H groups in total. The number of benzene rings is 1. The minimum absolute atomic E-state index is 0.0466. The van der Waals surface area contributed by atoms with Crippen molar-refractivity contribution in [1.29, 1.82) is 0 Å². The van der Waals surface area contributed by atoms with Crippen LogP contribution in [0.3, 0.4) is 0 Å². The number of aliphatic imine (C=N–C) groups is 1. The van der Waals surface area contributed by atoms with Gasteiger partial charge in [-0.1, -0.05) is 43.2 Å². The Morgan fingerprint density at radius 1 is 1.04 bits per heavy atom. The van der Waals surface area contributed by atoms with Gasteiger partial charge in [0.05, 0.1) is 6.26 Å². The van der Waals surface area contributed by atoms with Crippen molar-refractivity contribution in [3.05, 3.63) is 60.1 Å². The summed E-state index contributed by atoms with van der Waals surface area (Å²) in [7, 11) is 0. The topological polar surface area (TPSA) is 28.7 Å². The van der Waals surface area contributed by atoms with Crippen LogP contribution in [0.25, 0.3) is 0 Å². The van der Waals surface area contributed by atoms with E-state index in [1.165, 1.54) is 37.1 Å². The summed E-state index contributed by atoms with van der Waals surface area (Å²) in [5.74, 6) is 2.15. The van der Waals surface area contributed by atoms with Gasteiger partial charge >= 0.3 is 0 Å². The van der Waals surface area contributed by atoms with E-state index >= 15 is 0 Å². The van der Waals surface area contributed by atoms with Crippen molar-refractivity contribution in [2.45, 2.75) is 45.1 Å². The average Bonchev–Trinajstić information content (AvgIpc) is 3.09. The van der Waals surface area contributed by atoms with Gasteiger partial charge in [0.1, 0.15) is 17.6 Å². The van der Waals surface area contributed by atoms with Crippen molar-refractivity contribution in [2.24, 2.45) is 4.99 Å². The van der Waals surface area contributed by atoms with Crippen molar-refractivity contribution >= 4 is 5.84 Å². The molecule has 1 aliphatic heterocycles. The van der Waals surface area contributed by atoms with Crippen LogP contribution in [0, 0.1) is 0 Å². The number of hydrogen-bond acceptors (Lipinski definition) is 2. The molecule has 0 radical (unpaired) electrons. The number of amidine groups is 1. The summed E-state index contributed by atoms with van der Waals surface area (Å²) < 4.78 is 5.69. The highest BCUT2D eigenvalue weighted by molar-refractivity contribution is 5.82. The Morgan fingerprint density at radius 2 is 1.87 bits per heavy atom. The first-order valence-corrected chi connectivity index (χ1v) is 8.78. The third kappa shape index (κ3) is 4.04. The van der Waals surface area contributed by atoms with Gasteiger partial charge in [-0.05, 0) is 37.5 Å². The number of furan rings is 1. The number of nitrogens with zero attached hydrogens (tertiary/aromatic N) is 2. The van der Waals surface area contributed by atoms with E-state index in [2.05, 4.69) is 36.1 Å². The predicted molar refractivity (Wildman–Crippen MR) is 94.8 cm³/mol. The number of hydrogen-bond donors (Lipinski definition) is 0. The summed E-state index contributed by atoms with van der Waals surface area (Å²) in [6.45, 7) is 4.37. The molecule has 1 atom stereocenters. The summed E-state index contributed by atoms with van der Waals surface area (Å²) in [5, 5.41) is 0. The largest absolute Gasteiger partial charge is 0.467 e. The highest BCUT2D eigenvalue weighted by Gasteiger charge is 2.19. The van der Waals surface area contributed by atoms with Crippen LogP contribution >= 0.6 is 0 Å². The molecule has 1 fully saturated rings. The fourth-order valence-corrected chi connectivity index (χ4v) is 3.25. The highest BCUT2D eigenvalue weighted by atomic mass is 16.3. The molecule has 2 heterocycles. The van der Waals surface area contributed by atoms with Gasteiger partial charge in [0.2, 0.25) is 0 Å². The zero-order valence-electron chi connectivity index (χ0n) is 13.9. The van der Waals surface area contributed by atoms with Crippen molar-refractivity contribution < 1.29 is 4.42 Å². The second kappa shape index (κ2) is 8.00. The lowest BCUT2D eigenvalue weighted by Gasteiger charge is -2.28. The molecule has 3 nitrogen and oxygen atoms in total. The molecule has 3 rings (SSSR count). The molecule has 1 saturated heterocycles. The van der Waals surface area contributed by atoms with Crippen molar-refractivity contribution in [1.82, 2.24) is 4.90 Å². The van der Waals surface area contributed by atoms with Crippen LogP contribution in [0.5, 0.6) is 0 Å². The number of rotatable bonds is 4. The Kier molecular flexibility index (Phi) is 5.51. The van der Waals surface area contributed by atoms with Gasteiger partial charge in [0.25, 0.3) is 0 Å². The third-order valence-corrected chi connectivity index (χ3v) is 4.53. The smallest absolute Gasteiger partial charge is 0.135 e. The first-order chi connectivity index (χ1) is 11.4. The minimum Gasteiger partial charge on any atom is -0.467 e. The van der Waals surface area contributed by atoms with Crippen molar-refractivity contribution in [3.63, 3.8) is 0 Å². The van der Waals surface area contributed by atoms with E-state index in [4.69, 9.17) is 9.41 Å². The molecule has 1 aliphatic rings. The summed E-state index contributed by atoms with van der Waals surface area (Å²) >= 11 is 0. The van der Waals surface area contributed by atoms with Crippen molar-refractivity contribution in [2.75, 3.05) is 13.1 Å². The summed E-state index contributed by atoms with van der Waals surface area (Å²) in [6.07, 6.45) is 7.95. The molecule has 1 aromatic carbocycles. The van der Waals surface area contributed by atoms with E-state index in [1.807, 2.05) is 18.2 Å². The van der Waals surface area contributed by atoms with Gasteiger partial charge in [-0.3, -0.25) is 4.99 Å². The molecule has 122 valence electrons. The lowest BCUT2D eigenvalue weighted by Crippen LogP contribution is -2.33. The average molecular weight is 310 g/mol. The molecule has 0 aliphatic carbocycles. The van der Waals surface area contributed by atoms with Crippen LogP contribution in [0.4, 0.5) is 0 Å². The minimum atomic E-state index is -0.0466. The van der Waals surface area contributed by atoms with Crippen molar-refractivity contribution in [3.8, 4) is 0 Å². The first-order valence-electron chi connectivity index (χ1n) is 8.78. The van der Waals surface area contributed by atoms with Gasteiger partial charge in [0, 0.05) is 19.5 Å². The zero-order chi connectivity index (χ0) is 15.9. The normalized spacial score (nSPS) is 19.3. The molecule has 0 bridgehead atoms. The quantitative estimate of drug-likeness (QED) is 0.790. The second-order valence-electron chi connectivity index (χ2n) is 6.12. The Hall–Kier alpha value is -2.03. The van der Waals surface area contributed by atoms with Crippen LogP contribution in [0.1, 0.15) is 56.4 Å². The highest BCUT2D eigenvalue weighted by Crippen LogP contribution is 2.28. The van der Waals surface area contributed by atoms with E-state index in [1.54, 1.807) is 6.26 Å². The van der Waals surface area contributed by atoms with Gasteiger partial charge in [-0.2, -0.15) is 0 Å². The molecule has 23 heavy (non-hydrogen) atoms. The van der Waals surface area contributed by atoms with Crippen LogP contribution in [0.2, 0.25) is 0 Å². The maximum absolute atomic E-state index is 5.69. The number of likely N-dealkylation sites (tertiary alicyclic amines) is 1. The Labute approximate surface area is 139 Å². The van der Waals surface area contributed by atoms with Gasteiger partial charge in [-0.25, -0.2) is 0 Å². The summed E-state index contributed by atoms with van der Waals surface area (Å²) in [6, 6.07) is 14.4. The van der Waals surface area contributed by atoms with E-state index in [-0.39, 0.29) is 6.04 Å². The maximum atomic E-state index is 5.69. The zero-order valence-corrected chi connectivity index (χ0v) is 13.9.